The van der Waals surface area contributed by atoms with Gasteiger partial charge in [0.15, 0.2) is 5.71 Å². The van der Waals surface area contributed by atoms with E-state index in [2.05, 4.69) is 10.9 Å². The molecular weight excluding hydrogens is 282 g/mol. The van der Waals surface area contributed by atoms with E-state index in [0.29, 0.717) is 0 Å². The minimum Gasteiger partial charge on any atom is -0.235 e. The summed E-state index contributed by atoms with van der Waals surface area (Å²) in [5, 5.41) is 0. The number of para-hydroxylation sites is 1. The fourth-order valence-electron chi connectivity index (χ4n) is 1.46. The highest BCUT2D eigenvalue weighted by Gasteiger charge is 2.34. The van der Waals surface area contributed by atoms with Crippen LogP contribution in [0.1, 0.15) is 5.56 Å². The third-order valence-electron chi connectivity index (χ3n) is 2.44. The molecule has 0 aliphatic rings. The van der Waals surface area contributed by atoms with E-state index in [1.807, 2.05) is 5.92 Å². The maximum atomic E-state index is 12.9. The van der Waals surface area contributed by atoms with Gasteiger partial charge < -0.3 is 0 Å². The third-order valence-corrected chi connectivity index (χ3v) is 2.44. The summed E-state index contributed by atoms with van der Waals surface area (Å²) in [6, 6.07) is 12.6. The number of benzene rings is 2. The Kier molecular flexibility index (Phi) is 4.39. The van der Waals surface area contributed by atoms with Crippen LogP contribution in [0.25, 0.3) is 0 Å². The highest BCUT2D eigenvalue weighted by atomic mass is 19.4. The molecule has 0 N–H and O–H groups in total. The van der Waals surface area contributed by atoms with Crippen molar-refractivity contribution >= 4 is 11.4 Å². The summed E-state index contributed by atoms with van der Waals surface area (Å²) in [5.41, 5.74) is -0.752. The lowest BCUT2D eigenvalue weighted by Gasteiger charge is -2.04. The third kappa shape index (κ3) is 4.46. The van der Waals surface area contributed by atoms with Crippen LogP contribution in [0.5, 0.6) is 0 Å². The summed E-state index contributed by atoms with van der Waals surface area (Å²) in [4.78, 5) is 3.51. The summed E-state index contributed by atoms with van der Waals surface area (Å²) < 4.78 is 51.3. The van der Waals surface area contributed by atoms with Crippen LogP contribution < -0.4 is 0 Å². The molecule has 0 radical (unpaired) electrons. The lowest BCUT2D eigenvalue weighted by atomic mass is 10.2. The standard InChI is InChI=1S/C16H9F4N/c17-13-9-6-12(7-10-13)8-11-15(16(18,19)20)21-14-4-2-1-3-5-14/h1-7,9-10H. The van der Waals surface area contributed by atoms with Crippen LogP contribution in [-0.4, -0.2) is 11.9 Å². The SMILES string of the molecule is Fc1ccc(C#CC(=Nc2ccccc2)C(F)(F)F)cc1. The van der Waals surface area contributed by atoms with Crippen LogP contribution in [0.3, 0.4) is 0 Å². The molecule has 0 heterocycles. The van der Waals surface area contributed by atoms with Gasteiger partial charge in [-0.25, -0.2) is 9.38 Å². The molecule has 2 aromatic rings. The molecule has 106 valence electrons. The Labute approximate surface area is 119 Å². The second-order valence-corrected chi connectivity index (χ2v) is 4.05. The zero-order valence-corrected chi connectivity index (χ0v) is 10.7. The number of hydrogen-bond acceptors (Lipinski definition) is 1. The van der Waals surface area contributed by atoms with E-state index >= 15 is 0 Å². The molecule has 2 aromatic carbocycles. The maximum Gasteiger partial charge on any atom is 0.441 e. The van der Waals surface area contributed by atoms with Crippen molar-refractivity contribution in [3.05, 3.63) is 66.0 Å². The van der Waals surface area contributed by atoms with Gasteiger partial charge in [0.1, 0.15) is 5.82 Å². The largest absolute Gasteiger partial charge is 0.441 e. The molecule has 21 heavy (non-hydrogen) atoms. The lowest BCUT2D eigenvalue weighted by molar-refractivity contribution is -0.0571. The summed E-state index contributed by atoms with van der Waals surface area (Å²) in [6.07, 6.45) is -4.65. The number of alkyl halides is 3. The van der Waals surface area contributed by atoms with Crippen molar-refractivity contribution < 1.29 is 17.6 Å². The molecule has 0 atom stereocenters. The Bertz CT molecular complexity index is 689. The average Bonchev–Trinajstić information content (AvgIpc) is 2.45. The molecule has 0 saturated carbocycles. The van der Waals surface area contributed by atoms with Gasteiger partial charge in [0.25, 0.3) is 0 Å². The molecule has 0 unspecified atom stereocenters. The first-order chi connectivity index (χ1) is 9.95. The predicted molar refractivity (Wildman–Crippen MR) is 72.9 cm³/mol. The number of rotatable bonds is 1. The van der Waals surface area contributed by atoms with E-state index in [0.717, 1.165) is 12.1 Å². The summed E-state index contributed by atoms with van der Waals surface area (Å²) in [6.45, 7) is 0. The Balaban J connectivity index is 2.35. The molecule has 0 aliphatic carbocycles. The Morgan fingerprint density at radius 3 is 2.10 bits per heavy atom. The van der Waals surface area contributed by atoms with Gasteiger partial charge in [-0.05, 0) is 42.3 Å². The number of hydrogen-bond donors (Lipinski definition) is 0. The topological polar surface area (TPSA) is 12.4 Å². The van der Waals surface area contributed by atoms with E-state index in [9.17, 15) is 17.6 Å². The Morgan fingerprint density at radius 2 is 1.52 bits per heavy atom. The van der Waals surface area contributed by atoms with Crippen LogP contribution >= 0.6 is 0 Å². The normalized spacial score (nSPS) is 11.7. The van der Waals surface area contributed by atoms with E-state index in [4.69, 9.17) is 0 Å². The van der Waals surface area contributed by atoms with Crippen molar-refractivity contribution in [2.24, 2.45) is 4.99 Å². The van der Waals surface area contributed by atoms with Crippen LogP contribution in [-0.2, 0) is 0 Å². The Hall–Kier alpha value is -2.61. The first-order valence-electron chi connectivity index (χ1n) is 5.94. The van der Waals surface area contributed by atoms with E-state index in [1.165, 1.54) is 24.3 Å². The first kappa shape index (κ1) is 14.8. The molecule has 0 bridgehead atoms. The quantitative estimate of drug-likeness (QED) is 0.416. The number of aliphatic imine (C=N–C) groups is 1. The van der Waals surface area contributed by atoms with Crippen LogP contribution in [0, 0.1) is 17.7 Å². The molecule has 0 amide bonds. The van der Waals surface area contributed by atoms with Crippen molar-refractivity contribution in [1.29, 1.82) is 0 Å². The van der Waals surface area contributed by atoms with Crippen molar-refractivity contribution in [2.45, 2.75) is 6.18 Å². The summed E-state index contributed by atoms with van der Waals surface area (Å²) in [5.74, 6) is 3.85. The maximum absolute atomic E-state index is 12.9. The van der Waals surface area contributed by atoms with E-state index in [-0.39, 0.29) is 11.3 Å². The van der Waals surface area contributed by atoms with Gasteiger partial charge >= 0.3 is 6.18 Å². The molecule has 5 heteroatoms. The predicted octanol–water partition coefficient (Wildman–Crippen LogP) is 4.51. The molecule has 1 nitrogen and oxygen atoms in total. The van der Waals surface area contributed by atoms with E-state index in [1.54, 1.807) is 18.2 Å². The number of nitrogens with zero attached hydrogens (tertiary/aromatic N) is 1. The minimum atomic E-state index is -4.65. The van der Waals surface area contributed by atoms with Gasteiger partial charge in [-0.15, -0.1) is 0 Å². The van der Waals surface area contributed by atoms with Gasteiger partial charge in [0, 0.05) is 5.56 Å². The number of halogens is 4. The van der Waals surface area contributed by atoms with Crippen molar-refractivity contribution in [1.82, 2.24) is 0 Å². The van der Waals surface area contributed by atoms with Crippen molar-refractivity contribution in [3.8, 4) is 11.8 Å². The summed E-state index contributed by atoms with van der Waals surface area (Å²) >= 11 is 0. The average molecular weight is 291 g/mol. The molecular formula is C16H9F4N. The second-order valence-electron chi connectivity index (χ2n) is 4.05. The summed E-state index contributed by atoms with van der Waals surface area (Å²) in [7, 11) is 0. The minimum absolute atomic E-state index is 0.165. The fourth-order valence-corrected chi connectivity index (χ4v) is 1.46. The van der Waals surface area contributed by atoms with Gasteiger partial charge in [-0.1, -0.05) is 24.1 Å². The highest BCUT2D eigenvalue weighted by Crippen LogP contribution is 2.21. The van der Waals surface area contributed by atoms with Crippen LogP contribution in [0.2, 0.25) is 0 Å². The molecule has 0 fully saturated rings. The smallest absolute Gasteiger partial charge is 0.235 e. The van der Waals surface area contributed by atoms with Crippen molar-refractivity contribution in [3.63, 3.8) is 0 Å². The van der Waals surface area contributed by atoms with Gasteiger partial charge in [0.2, 0.25) is 0 Å². The molecule has 0 saturated heterocycles. The molecule has 0 aliphatic heterocycles. The van der Waals surface area contributed by atoms with Gasteiger partial charge in [-0.3, -0.25) is 0 Å². The van der Waals surface area contributed by atoms with Gasteiger partial charge in [-0.2, -0.15) is 13.2 Å². The zero-order chi connectivity index (χ0) is 15.3. The molecule has 0 aromatic heterocycles. The van der Waals surface area contributed by atoms with Crippen LogP contribution in [0.4, 0.5) is 23.2 Å². The zero-order valence-electron chi connectivity index (χ0n) is 10.7. The highest BCUT2D eigenvalue weighted by molar-refractivity contribution is 6.06. The molecule has 2 rings (SSSR count). The van der Waals surface area contributed by atoms with E-state index < -0.39 is 17.7 Å². The van der Waals surface area contributed by atoms with Gasteiger partial charge in [0.05, 0.1) is 5.69 Å². The monoisotopic (exact) mass is 291 g/mol. The molecule has 0 spiro atoms. The Morgan fingerprint density at radius 1 is 0.905 bits per heavy atom. The second kappa shape index (κ2) is 6.23. The fraction of sp³-hybridized carbons (Fsp3) is 0.0625. The first-order valence-corrected chi connectivity index (χ1v) is 5.94. The van der Waals surface area contributed by atoms with Crippen LogP contribution in [0.15, 0.2) is 59.6 Å². The van der Waals surface area contributed by atoms with Crippen molar-refractivity contribution in [2.75, 3.05) is 0 Å². The lowest BCUT2D eigenvalue weighted by Crippen LogP contribution is -2.21.